The summed E-state index contributed by atoms with van der Waals surface area (Å²) in [4.78, 5) is 0.189. The van der Waals surface area contributed by atoms with Crippen LogP contribution in [0.3, 0.4) is 0 Å². The summed E-state index contributed by atoms with van der Waals surface area (Å²) in [6.07, 6.45) is 5.63. The first kappa shape index (κ1) is 10.2. The van der Waals surface area contributed by atoms with Gasteiger partial charge in [0, 0.05) is 4.83 Å². The molecule has 0 saturated heterocycles. The van der Waals surface area contributed by atoms with Crippen LogP contribution in [0.25, 0.3) is 0 Å². The summed E-state index contributed by atoms with van der Waals surface area (Å²) in [5.41, 5.74) is 0. The van der Waals surface area contributed by atoms with Gasteiger partial charge in [-0.15, -0.1) is 0 Å². The van der Waals surface area contributed by atoms with Crippen molar-refractivity contribution in [3.8, 4) is 0 Å². The molecule has 1 unspecified atom stereocenters. The standard InChI is InChI=1S/C8H15BrO/c1-3-4-5-6-8(10)7(2)9/h4-5,7-8,10H,3,6H2,1-2H3/b5-4-/t7?,8-/m1/s1. The van der Waals surface area contributed by atoms with E-state index in [9.17, 15) is 5.11 Å². The zero-order chi connectivity index (χ0) is 7.98. The Morgan fingerprint density at radius 3 is 2.50 bits per heavy atom. The Morgan fingerprint density at radius 1 is 1.50 bits per heavy atom. The van der Waals surface area contributed by atoms with Gasteiger partial charge in [0.15, 0.2) is 0 Å². The summed E-state index contributed by atoms with van der Waals surface area (Å²) in [5.74, 6) is 0. The van der Waals surface area contributed by atoms with Gasteiger partial charge in [-0.05, 0) is 12.8 Å². The maximum absolute atomic E-state index is 9.25. The summed E-state index contributed by atoms with van der Waals surface area (Å²) >= 11 is 3.31. The molecule has 0 aromatic rings. The number of rotatable bonds is 4. The van der Waals surface area contributed by atoms with Crippen molar-refractivity contribution in [2.75, 3.05) is 0 Å². The van der Waals surface area contributed by atoms with Crippen LogP contribution in [0.2, 0.25) is 0 Å². The van der Waals surface area contributed by atoms with Crippen LogP contribution in [0.15, 0.2) is 12.2 Å². The lowest BCUT2D eigenvalue weighted by Crippen LogP contribution is -2.15. The van der Waals surface area contributed by atoms with E-state index in [4.69, 9.17) is 0 Å². The Labute approximate surface area is 71.3 Å². The van der Waals surface area contributed by atoms with Crippen molar-refractivity contribution in [2.45, 2.75) is 37.6 Å². The molecule has 10 heavy (non-hydrogen) atoms. The van der Waals surface area contributed by atoms with Gasteiger partial charge in [-0.3, -0.25) is 0 Å². The fourth-order valence-electron chi connectivity index (χ4n) is 0.590. The van der Waals surface area contributed by atoms with Crippen molar-refractivity contribution in [1.82, 2.24) is 0 Å². The molecule has 0 spiro atoms. The van der Waals surface area contributed by atoms with Crippen molar-refractivity contribution in [3.05, 3.63) is 12.2 Å². The Hall–Kier alpha value is 0.180. The molecule has 0 rings (SSSR count). The zero-order valence-corrected chi connectivity index (χ0v) is 8.13. The Balaban J connectivity index is 3.38. The molecule has 0 bridgehead atoms. The molecule has 0 amide bonds. The normalized spacial score (nSPS) is 17.6. The summed E-state index contributed by atoms with van der Waals surface area (Å²) < 4.78 is 0. The van der Waals surface area contributed by atoms with Crippen LogP contribution >= 0.6 is 15.9 Å². The molecule has 2 heteroatoms. The molecule has 1 N–H and O–H groups in total. The van der Waals surface area contributed by atoms with Crippen LogP contribution in [0.4, 0.5) is 0 Å². The number of aliphatic hydroxyl groups is 1. The van der Waals surface area contributed by atoms with E-state index in [1.807, 2.05) is 13.0 Å². The zero-order valence-electron chi connectivity index (χ0n) is 6.55. The average Bonchev–Trinajstić information content (AvgIpc) is 1.88. The number of hydrogen-bond donors (Lipinski definition) is 1. The number of alkyl halides is 1. The van der Waals surface area contributed by atoms with Gasteiger partial charge < -0.3 is 5.11 Å². The molecule has 0 saturated carbocycles. The summed E-state index contributed by atoms with van der Waals surface area (Å²) in [6.45, 7) is 4.03. The molecule has 1 nitrogen and oxygen atoms in total. The summed E-state index contributed by atoms with van der Waals surface area (Å²) in [5, 5.41) is 9.25. The molecule has 0 aliphatic rings. The Kier molecular flexibility index (Phi) is 6.03. The average molecular weight is 207 g/mol. The second-order valence-electron chi connectivity index (χ2n) is 2.36. The van der Waals surface area contributed by atoms with E-state index < -0.39 is 0 Å². The first-order chi connectivity index (χ1) is 4.68. The van der Waals surface area contributed by atoms with Crippen molar-refractivity contribution in [3.63, 3.8) is 0 Å². The van der Waals surface area contributed by atoms with E-state index in [-0.39, 0.29) is 10.9 Å². The van der Waals surface area contributed by atoms with E-state index in [0.29, 0.717) is 0 Å². The molecule has 60 valence electrons. The largest absolute Gasteiger partial charge is 0.392 e. The lowest BCUT2D eigenvalue weighted by atomic mass is 10.2. The van der Waals surface area contributed by atoms with E-state index in [2.05, 4.69) is 28.9 Å². The number of aliphatic hydroxyl groups excluding tert-OH is 1. The fraction of sp³-hybridized carbons (Fsp3) is 0.750. The van der Waals surface area contributed by atoms with Crippen LogP contribution in [-0.4, -0.2) is 16.0 Å². The van der Waals surface area contributed by atoms with Gasteiger partial charge >= 0.3 is 0 Å². The minimum atomic E-state index is -0.247. The van der Waals surface area contributed by atoms with Crippen LogP contribution < -0.4 is 0 Å². The van der Waals surface area contributed by atoms with Crippen molar-refractivity contribution >= 4 is 15.9 Å². The molecule has 0 aromatic heterocycles. The second kappa shape index (κ2) is 5.93. The van der Waals surface area contributed by atoms with Crippen molar-refractivity contribution < 1.29 is 5.11 Å². The maximum atomic E-state index is 9.25. The topological polar surface area (TPSA) is 20.2 Å². The molecule has 0 aromatic carbocycles. The van der Waals surface area contributed by atoms with Gasteiger partial charge in [0.05, 0.1) is 6.10 Å². The third kappa shape index (κ3) is 5.00. The van der Waals surface area contributed by atoms with Gasteiger partial charge in [-0.25, -0.2) is 0 Å². The molecular weight excluding hydrogens is 192 g/mol. The predicted molar refractivity (Wildman–Crippen MR) is 48.4 cm³/mol. The third-order valence-electron chi connectivity index (χ3n) is 1.31. The molecule has 0 aliphatic carbocycles. The van der Waals surface area contributed by atoms with Crippen LogP contribution in [0.5, 0.6) is 0 Å². The minimum Gasteiger partial charge on any atom is -0.392 e. The fourth-order valence-corrected chi connectivity index (χ4v) is 0.806. The minimum absolute atomic E-state index is 0.189. The molecule has 0 aliphatic heterocycles. The Morgan fingerprint density at radius 2 is 2.10 bits per heavy atom. The maximum Gasteiger partial charge on any atom is 0.0696 e. The van der Waals surface area contributed by atoms with Gasteiger partial charge in [-0.1, -0.05) is 41.9 Å². The van der Waals surface area contributed by atoms with Gasteiger partial charge in [0.1, 0.15) is 0 Å². The smallest absolute Gasteiger partial charge is 0.0696 e. The second-order valence-corrected chi connectivity index (χ2v) is 3.80. The number of halogens is 1. The van der Waals surface area contributed by atoms with E-state index >= 15 is 0 Å². The van der Waals surface area contributed by atoms with E-state index in [0.717, 1.165) is 12.8 Å². The third-order valence-corrected chi connectivity index (χ3v) is 1.92. The lowest BCUT2D eigenvalue weighted by Gasteiger charge is -2.08. The Bertz CT molecular complexity index is 99.4. The van der Waals surface area contributed by atoms with Gasteiger partial charge in [-0.2, -0.15) is 0 Å². The monoisotopic (exact) mass is 206 g/mol. The van der Waals surface area contributed by atoms with Crippen molar-refractivity contribution in [1.29, 1.82) is 0 Å². The first-order valence-corrected chi connectivity index (χ1v) is 4.57. The summed E-state index contributed by atoms with van der Waals surface area (Å²) in [6, 6.07) is 0. The highest BCUT2D eigenvalue weighted by Crippen LogP contribution is 2.08. The lowest BCUT2D eigenvalue weighted by molar-refractivity contribution is 0.181. The quantitative estimate of drug-likeness (QED) is 0.554. The molecule has 0 fully saturated rings. The SMILES string of the molecule is CC/C=C\C[C@@H](O)C(C)Br. The molecular formula is C8H15BrO. The highest BCUT2D eigenvalue weighted by molar-refractivity contribution is 9.09. The predicted octanol–water partition coefficient (Wildman–Crippen LogP) is 2.49. The van der Waals surface area contributed by atoms with Gasteiger partial charge in [0.25, 0.3) is 0 Å². The molecule has 0 heterocycles. The number of allylic oxidation sites excluding steroid dienone is 1. The van der Waals surface area contributed by atoms with Crippen LogP contribution in [-0.2, 0) is 0 Å². The highest BCUT2D eigenvalue weighted by Gasteiger charge is 2.06. The van der Waals surface area contributed by atoms with E-state index in [1.165, 1.54) is 0 Å². The van der Waals surface area contributed by atoms with E-state index in [1.54, 1.807) is 0 Å². The number of hydrogen-bond acceptors (Lipinski definition) is 1. The summed E-state index contributed by atoms with van der Waals surface area (Å²) in [7, 11) is 0. The van der Waals surface area contributed by atoms with Crippen LogP contribution in [0.1, 0.15) is 26.7 Å². The molecule has 2 atom stereocenters. The van der Waals surface area contributed by atoms with Crippen LogP contribution in [0, 0.1) is 0 Å². The first-order valence-electron chi connectivity index (χ1n) is 3.65. The molecule has 0 radical (unpaired) electrons. The van der Waals surface area contributed by atoms with Gasteiger partial charge in [0.2, 0.25) is 0 Å². The highest BCUT2D eigenvalue weighted by atomic mass is 79.9. The van der Waals surface area contributed by atoms with Crippen molar-refractivity contribution in [2.24, 2.45) is 0 Å².